The van der Waals surface area contributed by atoms with Crippen molar-refractivity contribution < 1.29 is 14.3 Å². The van der Waals surface area contributed by atoms with E-state index in [0.717, 1.165) is 16.6 Å². The summed E-state index contributed by atoms with van der Waals surface area (Å²) in [4.78, 5) is 31.6. The van der Waals surface area contributed by atoms with Gasteiger partial charge in [0.2, 0.25) is 5.91 Å². The maximum atomic E-state index is 12.2. The average molecular weight is 383 g/mol. The number of carbonyl (C=O) groups excluding carboxylic acids is 2. The zero-order chi connectivity index (χ0) is 19.4. The Morgan fingerprint density at radius 2 is 1.93 bits per heavy atom. The van der Waals surface area contributed by atoms with Crippen LogP contribution in [0.4, 0.5) is 5.69 Å². The fourth-order valence-corrected chi connectivity index (χ4v) is 3.16. The third-order valence-corrected chi connectivity index (χ3v) is 4.58. The lowest BCUT2D eigenvalue weighted by molar-refractivity contribution is -0.113. The number of hydrogen-bond donors (Lipinski definition) is 2. The molecule has 0 spiro atoms. The van der Waals surface area contributed by atoms with E-state index in [4.69, 9.17) is 4.74 Å². The number of hydrogen-bond acceptors (Lipinski definition) is 5. The van der Waals surface area contributed by atoms with Crippen molar-refractivity contribution in [2.75, 3.05) is 11.1 Å². The lowest BCUT2D eigenvalue weighted by Crippen LogP contribution is -2.15. The summed E-state index contributed by atoms with van der Waals surface area (Å²) < 4.78 is 5.14. The molecule has 0 saturated carbocycles. The molecule has 0 aliphatic carbocycles. The highest BCUT2D eigenvalue weighted by molar-refractivity contribution is 7.99. The van der Waals surface area contributed by atoms with Gasteiger partial charge in [-0.25, -0.2) is 9.78 Å². The Kier molecular flexibility index (Phi) is 5.81. The van der Waals surface area contributed by atoms with Gasteiger partial charge in [-0.1, -0.05) is 17.8 Å². The molecule has 0 unspecified atom stereocenters. The monoisotopic (exact) mass is 383 g/mol. The highest BCUT2D eigenvalue weighted by Crippen LogP contribution is 2.20. The summed E-state index contributed by atoms with van der Waals surface area (Å²) >= 11 is 1.34. The number of benzene rings is 2. The quantitative estimate of drug-likeness (QED) is 0.493. The highest BCUT2D eigenvalue weighted by Gasteiger charge is 2.10. The molecular weight excluding hydrogens is 362 g/mol. The highest BCUT2D eigenvalue weighted by atomic mass is 32.2. The maximum absolute atomic E-state index is 12.2. The molecule has 0 aliphatic rings. The molecule has 27 heavy (non-hydrogen) atoms. The number of fused-ring (bicyclic) bond motifs is 1. The first-order valence-corrected chi connectivity index (χ1v) is 9.59. The van der Waals surface area contributed by atoms with Gasteiger partial charge in [-0.05, 0) is 62.7 Å². The lowest BCUT2D eigenvalue weighted by Gasteiger charge is -2.09. The van der Waals surface area contributed by atoms with Gasteiger partial charge in [0.25, 0.3) is 0 Å². The number of thioether (sulfide) groups is 1. The largest absolute Gasteiger partial charge is 0.459 e. The van der Waals surface area contributed by atoms with Crippen molar-refractivity contribution in [2.24, 2.45) is 0 Å². The molecule has 140 valence electrons. The molecule has 0 saturated heterocycles. The summed E-state index contributed by atoms with van der Waals surface area (Å²) in [5, 5.41) is 3.51. The second-order valence-electron chi connectivity index (χ2n) is 6.43. The van der Waals surface area contributed by atoms with Crippen molar-refractivity contribution >= 4 is 40.4 Å². The number of H-pyrrole nitrogens is 1. The summed E-state index contributed by atoms with van der Waals surface area (Å²) in [6.45, 7) is 5.62. The van der Waals surface area contributed by atoms with Crippen LogP contribution in [0.2, 0.25) is 0 Å². The summed E-state index contributed by atoms with van der Waals surface area (Å²) in [6.07, 6.45) is -0.170. The number of anilines is 1. The van der Waals surface area contributed by atoms with Gasteiger partial charge in [-0.2, -0.15) is 0 Å². The molecule has 1 amide bonds. The Bertz CT molecular complexity index is 964. The van der Waals surface area contributed by atoms with Crippen molar-refractivity contribution in [3.8, 4) is 0 Å². The first-order valence-electron chi connectivity index (χ1n) is 8.61. The van der Waals surface area contributed by atoms with Crippen LogP contribution in [0, 0.1) is 6.92 Å². The minimum Gasteiger partial charge on any atom is -0.459 e. The molecule has 2 N–H and O–H groups in total. The molecule has 0 atom stereocenters. The third kappa shape index (κ3) is 5.10. The van der Waals surface area contributed by atoms with Gasteiger partial charge < -0.3 is 15.0 Å². The number of aromatic amines is 1. The van der Waals surface area contributed by atoms with E-state index in [-0.39, 0.29) is 23.7 Å². The Morgan fingerprint density at radius 1 is 1.19 bits per heavy atom. The number of amides is 1. The molecule has 1 heterocycles. The van der Waals surface area contributed by atoms with Crippen molar-refractivity contribution in [1.29, 1.82) is 0 Å². The van der Waals surface area contributed by atoms with Crippen molar-refractivity contribution in [2.45, 2.75) is 32.0 Å². The lowest BCUT2D eigenvalue weighted by atomic mass is 10.2. The van der Waals surface area contributed by atoms with Gasteiger partial charge in [0, 0.05) is 5.69 Å². The second kappa shape index (κ2) is 8.26. The number of imidazole rings is 1. The van der Waals surface area contributed by atoms with Crippen LogP contribution in [0.3, 0.4) is 0 Å². The van der Waals surface area contributed by atoms with E-state index in [2.05, 4.69) is 15.3 Å². The van der Waals surface area contributed by atoms with E-state index in [1.165, 1.54) is 11.8 Å². The van der Waals surface area contributed by atoms with Crippen LogP contribution in [0.5, 0.6) is 0 Å². The summed E-state index contributed by atoms with van der Waals surface area (Å²) in [5.41, 5.74) is 4.07. The van der Waals surface area contributed by atoms with Gasteiger partial charge in [0.1, 0.15) is 0 Å². The number of aromatic nitrogens is 2. The van der Waals surface area contributed by atoms with E-state index >= 15 is 0 Å². The molecular formula is C20H21N3O3S. The minimum atomic E-state index is -0.376. The Balaban J connectivity index is 1.54. The number of nitrogens with zero attached hydrogens (tertiary/aromatic N) is 1. The number of rotatable bonds is 6. The number of ether oxygens (including phenoxy) is 1. The van der Waals surface area contributed by atoms with Gasteiger partial charge >= 0.3 is 5.97 Å². The summed E-state index contributed by atoms with van der Waals surface area (Å²) in [5.74, 6) is -0.289. The summed E-state index contributed by atoms with van der Waals surface area (Å²) in [6, 6.07) is 12.6. The van der Waals surface area contributed by atoms with Crippen LogP contribution < -0.4 is 5.32 Å². The Morgan fingerprint density at radius 3 is 2.63 bits per heavy atom. The molecule has 1 aromatic heterocycles. The molecule has 6 nitrogen and oxygen atoms in total. The fraction of sp³-hybridized carbons (Fsp3) is 0.250. The van der Waals surface area contributed by atoms with Crippen LogP contribution in [-0.2, 0) is 9.53 Å². The van der Waals surface area contributed by atoms with Crippen LogP contribution in [0.15, 0.2) is 47.6 Å². The molecule has 3 aromatic rings. The van der Waals surface area contributed by atoms with E-state index in [9.17, 15) is 9.59 Å². The van der Waals surface area contributed by atoms with E-state index in [0.29, 0.717) is 16.4 Å². The first kappa shape index (κ1) is 19.0. The first-order chi connectivity index (χ1) is 12.9. The topological polar surface area (TPSA) is 84.1 Å². The van der Waals surface area contributed by atoms with Gasteiger partial charge in [0.15, 0.2) is 5.16 Å². The third-order valence-electron chi connectivity index (χ3n) is 3.70. The van der Waals surface area contributed by atoms with Crippen molar-refractivity contribution in [1.82, 2.24) is 9.97 Å². The molecule has 7 heteroatoms. The normalized spacial score (nSPS) is 11.0. The van der Waals surface area contributed by atoms with Crippen LogP contribution in [0.1, 0.15) is 29.8 Å². The predicted octanol–water partition coefficient (Wildman–Crippen LogP) is 4.17. The zero-order valence-corrected chi connectivity index (χ0v) is 16.2. The van der Waals surface area contributed by atoms with E-state index in [1.807, 2.05) is 25.1 Å². The Hall–Kier alpha value is -2.80. The predicted molar refractivity (Wildman–Crippen MR) is 107 cm³/mol. The number of nitrogens with one attached hydrogen (secondary N) is 2. The molecule has 0 aliphatic heterocycles. The second-order valence-corrected chi connectivity index (χ2v) is 7.39. The maximum Gasteiger partial charge on any atom is 0.338 e. The van der Waals surface area contributed by atoms with E-state index < -0.39 is 0 Å². The molecule has 2 aromatic carbocycles. The number of esters is 1. The SMILES string of the molecule is Cc1ccc2nc(SCC(=O)Nc3ccc(C(=O)OC(C)C)cc3)[nH]c2c1. The van der Waals surface area contributed by atoms with Crippen LogP contribution in [0.25, 0.3) is 11.0 Å². The van der Waals surface area contributed by atoms with Gasteiger partial charge in [0.05, 0.1) is 28.5 Å². The van der Waals surface area contributed by atoms with Gasteiger partial charge in [-0.3, -0.25) is 4.79 Å². The molecule has 3 rings (SSSR count). The zero-order valence-electron chi connectivity index (χ0n) is 15.4. The standard InChI is InChI=1S/C20H21N3O3S/c1-12(2)26-19(25)14-5-7-15(8-6-14)21-18(24)11-27-20-22-16-9-4-13(3)10-17(16)23-20/h4-10,12H,11H2,1-3H3,(H,21,24)(H,22,23). The molecule has 0 fully saturated rings. The van der Waals surface area contributed by atoms with E-state index in [1.54, 1.807) is 38.1 Å². The molecule has 0 bridgehead atoms. The smallest absolute Gasteiger partial charge is 0.338 e. The fourth-order valence-electron chi connectivity index (χ4n) is 2.47. The Labute approximate surface area is 161 Å². The summed E-state index contributed by atoms with van der Waals surface area (Å²) in [7, 11) is 0. The number of aryl methyl sites for hydroxylation is 1. The van der Waals surface area contributed by atoms with Crippen molar-refractivity contribution in [3.05, 3.63) is 53.6 Å². The van der Waals surface area contributed by atoms with Crippen LogP contribution in [-0.4, -0.2) is 33.7 Å². The van der Waals surface area contributed by atoms with Crippen LogP contribution >= 0.6 is 11.8 Å². The average Bonchev–Trinajstić information content (AvgIpc) is 3.02. The minimum absolute atomic E-state index is 0.144. The number of carbonyl (C=O) groups is 2. The van der Waals surface area contributed by atoms with Gasteiger partial charge in [-0.15, -0.1) is 0 Å². The molecule has 0 radical (unpaired) electrons. The van der Waals surface area contributed by atoms with Crippen molar-refractivity contribution in [3.63, 3.8) is 0 Å².